The van der Waals surface area contributed by atoms with Gasteiger partial charge in [-0.15, -0.1) is 0 Å². The standard InChI is InChI=1S/C35H40ClN5O4/c1-21(2)35(12-13-35)45-33(42)39-32(29-19-37-20-40(29)5)28-17-24-7-6-14-38-31(24)30(26-9-8-25(36)18-27(26)28)23-10-15-41(16-11-23)34(43)44-22(3)4/h6-9,14,17-22,32H,10-13,15-16H2,1-5H3,(H,39,42). The highest BCUT2D eigenvalue weighted by Gasteiger charge is 2.50. The van der Waals surface area contributed by atoms with E-state index in [2.05, 4.69) is 30.2 Å². The molecule has 236 valence electrons. The fraction of sp³-hybridized carbons (Fsp3) is 0.429. The zero-order valence-corrected chi connectivity index (χ0v) is 27.2. The molecule has 0 radical (unpaired) electrons. The molecule has 2 aromatic heterocycles. The molecule has 3 aliphatic rings. The van der Waals surface area contributed by atoms with E-state index in [4.69, 9.17) is 26.1 Å². The Hall–Kier alpha value is -4.11. The molecule has 2 amide bonds. The van der Waals surface area contributed by atoms with Crippen molar-refractivity contribution in [2.45, 2.75) is 71.1 Å². The summed E-state index contributed by atoms with van der Waals surface area (Å²) in [4.78, 5) is 37.3. The number of ether oxygens (including phenoxy) is 2. The van der Waals surface area contributed by atoms with Crippen LogP contribution in [0.1, 0.15) is 87.5 Å². The van der Waals surface area contributed by atoms with Gasteiger partial charge in [0.15, 0.2) is 0 Å². The summed E-state index contributed by atoms with van der Waals surface area (Å²) < 4.78 is 13.4. The summed E-state index contributed by atoms with van der Waals surface area (Å²) >= 11 is 6.69. The van der Waals surface area contributed by atoms with Crippen molar-refractivity contribution in [2.75, 3.05) is 13.1 Å². The van der Waals surface area contributed by atoms with E-state index in [1.807, 2.05) is 55.8 Å². The van der Waals surface area contributed by atoms with Crippen LogP contribution >= 0.6 is 11.6 Å². The number of aromatic nitrogens is 3. The minimum Gasteiger partial charge on any atom is -0.447 e. The Kier molecular flexibility index (Phi) is 8.48. The molecule has 45 heavy (non-hydrogen) atoms. The number of benzene rings is 1. The molecule has 1 saturated heterocycles. The molecule has 2 aliphatic carbocycles. The first-order chi connectivity index (χ1) is 21.6. The number of hydrogen-bond acceptors (Lipinski definition) is 6. The molecule has 3 heterocycles. The number of carbonyl (C=O) groups excluding carboxylic acids is 2. The van der Waals surface area contributed by atoms with E-state index in [1.165, 1.54) is 5.57 Å². The number of nitrogens with zero attached hydrogens (tertiary/aromatic N) is 4. The lowest BCUT2D eigenvalue weighted by Gasteiger charge is -2.30. The topological polar surface area (TPSA) is 98.6 Å². The molecule has 2 fully saturated rings. The molecule has 1 unspecified atom stereocenters. The van der Waals surface area contributed by atoms with Gasteiger partial charge in [-0.05, 0) is 86.4 Å². The van der Waals surface area contributed by atoms with E-state index >= 15 is 0 Å². The molecule has 1 N–H and O–H groups in total. The Balaban J connectivity index is 1.45. The highest BCUT2D eigenvalue weighted by atomic mass is 35.5. The van der Waals surface area contributed by atoms with Gasteiger partial charge in [0, 0.05) is 42.5 Å². The number of likely N-dealkylation sites (tertiary alicyclic amines) is 1. The average molecular weight is 630 g/mol. The number of alkyl carbamates (subject to hydrolysis) is 1. The molecule has 1 saturated carbocycles. The Bertz CT molecular complexity index is 1680. The lowest BCUT2D eigenvalue weighted by atomic mass is 9.86. The number of piperidine rings is 1. The number of amides is 2. The zero-order valence-electron chi connectivity index (χ0n) is 26.5. The first kappa shape index (κ1) is 30.9. The second-order valence-electron chi connectivity index (χ2n) is 12.7. The summed E-state index contributed by atoms with van der Waals surface area (Å²) in [6, 6.07) is 9.26. The normalized spacial score (nSPS) is 17.7. The molecule has 0 spiro atoms. The maximum absolute atomic E-state index is 13.6. The predicted molar refractivity (Wildman–Crippen MR) is 174 cm³/mol. The van der Waals surface area contributed by atoms with Gasteiger partial charge in [-0.3, -0.25) is 4.98 Å². The number of pyridine rings is 1. The van der Waals surface area contributed by atoms with E-state index in [-0.39, 0.29) is 18.1 Å². The summed E-state index contributed by atoms with van der Waals surface area (Å²) in [6.45, 7) is 9.00. The maximum atomic E-state index is 13.6. The SMILES string of the molecule is CC(C)OC(=O)N1CCC(=C2c3ccc(Cl)cc3C(C(NC(=O)OC3(C(C)C)CC3)c3cncn3C)=Cc3cccnc32)CC1. The van der Waals surface area contributed by atoms with Crippen LogP contribution < -0.4 is 5.32 Å². The maximum Gasteiger partial charge on any atom is 0.410 e. The lowest BCUT2D eigenvalue weighted by Crippen LogP contribution is -2.38. The van der Waals surface area contributed by atoms with E-state index < -0.39 is 17.7 Å². The highest BCUT2D eigenvalue weighted by Crippen LogP contribution is 2.47. The number of fused-ring (bicyclic) bond motifs is 2. The summed E-state index contributed by atoms with van der Waals surface area (Å²) in [5.41, 5.74) is 7.11. The van der Waals surface area contributed by atoms with E-state index in [1.54, 1.807) is 23.6 Å². The number of hydrogen-bond donors (Lipinski definition) is 1. The zero-order chi connectivity index (χ0) is 31.9. The third kappa shape index (κ3) is 6.23. The van der Waals surface area contributed by atoms with Crippen molar-refractivity contribution >= 4 is 41.0 Å². The highest BCUT2D eigenvalue weighted by molar-refractivity contribution is 6.31. The Labute approximate surface area is 269 Å². The van der Waals surface area contributed by atoms with Crippen LogP contribution in [0.2, 0.25) is 5.02 Å². The number of rotatable bonds is 6. The van der Waals surface area contributed by atoms with Gasteiger partial charge in [0.1, 0.15) is 11.6 Å². The second-order valence-corrected chi connectivity index (χ2v) is 13.2. The van der Waals surface area contributed by atoms with Gasteiger partial charge in [0.25, 0.3) is 0 Å². The molecule has 10 heteroatoms. The minimum absolute atomic E-state index is 0.172. The van der Waals surface area contributed by atoms with Gasteiger partial charge in [0.2, 0.25) is 0 Å². The van der Waals surface area contributed by atoms with Crippen molar-refractivity contribution in [1.82, 2.24) is 24.8 Å². The van der Waals surface area contributed by atoms with E-state index in [0.29, 0.717) is 31.0 Å². The molecule has 1 aromatic carbocycles. The monoisotopic (exact) mass is 629 g/mol. The number of aryl methyl sites for hydroxylation is 1. The van der Waals surface area contributed by atoms with Gasteiger partial charge < -0.3 is 24.3 Å². The molecular formula is C35H40ClN5O4. The van der Waals surface area contributed by atoms with Crippen LogP contribution in [0, 0.1) is 5.92 Å². The van der Waals surface area contributed by atoms with Crippen molar-refractivity contribution in [3.63, 3.8) is 0 Å². The van der Waals surface area contributed by atoms with Gasteiger partial charge in [-0.2, -0.15) is 0 Å². The van der Waals surface area contributed by atoms with Crippen LogP contribution in [0.3, 0.4) is 0 Å². The summed E-state index contributed by atoms with van der Waals surface area (Å²) in [7, 11) is 1.91. The van der Waals surface area contributed by atoms with E-state index in [9.17, 15) is 9.59 Å². The lowest BCUT2D eigenvalue weighted by molar-refractivity contribution is 0.0521. The second kappa shape index (κ2) is 12.4. The number of carbonyl (C=O) groups is 2. The van der Waals surface area contributed by atoms with Gasteiger partial charge >= 0.3 is 12.2 Å². The molecule has 0 bridgehead atoms. The average Bonchev–Trinajstić information content (AvgIpc) is 3.70. The van der Waals surface area contributed by atoms with Gasteiger partial charge in [0.05, 0.1) is 30.0 Å². The predicted octanol–water partition coefficient (Wildman–Crippen LogP) is 7.42. The fourth-order valence-electron chi connectivity index (χ4n) is 6.38. The summed E-state index contributed by atoms with van der Waals surface area (Å²) in [5, 5.41) is 3.78. The van der Waals surface area contributed by atoms with Crippen LogP contribution in [-0.4, -0.2) is 56.4 Å². The van der Waals surface area contributed by atoms with Crippen molar-refractivity contribution in [3.8, 4) is 0 Å². The van der Waals surface area contributed by atoms with Gasteiger partial charge in [-0.25, -0.2) is 14.6 Å². The molecular weight excluding hydrogens is 590 g/mol. The fourth-order valence-corrected chi connectivity index (χ4v) is 6.55. The largest absolute Gasteiger partial charge is 0.447 e. The van der Waals surface area contributed by atoms with Crippen LogP contribution in [0.4, 0.5) is 9.59 Å². The number of imidazole rings is 1. The third-order valence-corrected chi connectivity index (χ3v) is 9.31. The molecule has 9 nitrogen and oxygen atoms in total. The molecule has 1 aliphatic heterocycles. The summed E-state index contributed by atoms with van der Waals surface area (Å²) in [6.07, 6.45) is 9.55. The van der Waals surface area contributed by atoms with Crippen molar-refractivity contribution < 1.29 is 19.1 Å². The molecule has 6 rings (SSSR count). The van der Waals surface area contributed by atoms with E-state index in [0.717, 1.165) is 52.1 Å². The van der Waals surface area contributed by atoms with Gasteiger partial charge in [-0.1, -0.05) is 43.2 Å². The van der Waals surface area contributed by atoms with Crippen LogP contribution in [0.25, 0.3) is 17.2 Å². The molecule has 1 atom stereocenters. The summed E-state index contributed by atoms with van der Waals surface area (Å²) in [5.74, 6) is 0.223. The first-order valence-corrected chi connectivity index (χ1v) is 16.0. The van der Waals surface area contributed by atoms with Crippen molar-refractivity contribution in [3.05, 3.63) is 87.7 Å². The Morgan fingerprint density at radius 2 is 1.82 bits per heavy atom. The number of halogens is 1. The third-order valence-electron chi connectivity index (χ3n) is 9.08. The molecule has 3 aromatic rings. The number of nitrogens with one attached hydrogen (secondary N) is 1. The van der Waals surface area contributed by atoms with Crippen LogP contribution in [0.5, 0.6) is 0 Å². The van der Waals surface area contributed by atoms with Crippen LogP contribution in [0.15, 0.2) is 54.6 Å². The quantitative estimate of drug-likeness (QED) is 0.305. The van der Waals surface area contributed by atoms with Crippen molar-refractivity contribution in [1.29, 1.82) is 0 Å². The van der Waals surface area contributed by atoms with Crippen molar-refractivity contribution in [2.24, 2.45) is 13.0 Å². The Morgan fingerprint density at radius 1 is 1.07 bits per heavy atom. The Morgan fingerprint density at radius 3 is 2.47 bits per heavy atom. The smallest absolute Gasteiger partial charge is 0.410 e. The van der Waals surface area contributed by atoms with Crippen LogP contribution in [-0.2, 0) is 16.5 Å². The minimum atomic E-state index is -0.588. The first-order valence-electron chi connectivity index (χ1n) is 15.7.